The summed E-state index contributed by atoms with van der Waals surface area (Å²) in [5.41, 5.74) is -1.25. The summed E-state index contributed by atoms with van der Waals surface area (Å²) < 4.78 is 53.0. The van der Waals surface area contributed by atoms with Crippen LogP contribution >= 0.6 is 0 Å². The predicted molar refractivity (Wildman–Crippen MR) is 119 cm³/mol. The number of carbonyl (C=O) groups is 2. The predicted octanol–water partition coefficient (Wildman–Crippen LogP) is 5.19. The van der Waals surface area contributed by atoms with Crippen LogP contribution in [0, 0.1) is 19.7 Å². The lowest BCUT2D eigenvalue weighted by Gasteiger charge is -2.14. The number of rotatable bonds is 5. The molecule has 178 valence electrons. The number of halogens is 4. The van der Waals surface area contributed by atoms with Crippen LogP contribution in [-0.4, -0.2) is 29.0 Å². The molecule has 0 aliphatic heterocycles. The number of hydrogen-bond donors (Lipinski definition) is 4. The third-order valence-electron chi connectivity index (χ3n) is 4.64. The summed E-state index contributed by atoms with van der Waals surface area (Å²) in [5, 5.41) is 10.1. The van der Waals surface area contributed by atoms with E-state index in [4.69, 9.17) is 0 Å². The fourth-order valence-corrected chi connectivity index (χ4v) is 2.97. The van der Waals surface area contributed by atoms with Crippen LogP contribution in [-0.2, 0) is 6.18 Å². The SMILES string of the molecule is CNc1cc(NC(=O)Nc2cc(C(=O)Nc3cccc(C(F)(F)F)c3F)ccc2C)nc(C)n1. The summed E-state index contributed by atoms with van der Waals surface area (Å²) in [7, 11) is 1.66. The van der Waals surface area contributed by atoms with Gasteiger partial charge in [-0.2, -0.15) is 13.2 Å². The molecule has 0 radical (unpaired) electrons. The molecule has 34 heavy (non-hydrogen) atoms. The van der Waals surface area contributed by atoms with Gasteiger partial charge in [0.15, 0.2) is 5.82 Å². The van der Waals surface area contributed by atoms with Crippen molar-refractivity contribution in [2.75, 3.05) is 28.3 Å². The Labute approximate surface area is 191 Å². The Morgan fingerprint density at radius 2 is 1.59 bits per heavy atom. The number of anilines is 4. The van der Waals surface area contributed by atoms with E-state index >= 15 is 0 Å². The molecule has 0 atom stereocenters. The van der Waals surface area contributed by atoms with Gasteiger partial charge in [0.05, 0.1) is 11.3 Å². The van der Waals surface area contributed by atoms with E-state index in [1.54, 1.807) is 20.9 Å². The van der Waals surface area contributed by atoms with E-state index in [1.165, 1.54) is 24.3 Å². The summed E-state index contributed by atoms with van der Waals surface area (Å²) in [4.78, 5) is 33.2. The number of hydrogen-bond acceptors (Lipinski definition) is 5. The number of benzene rings is 2. The van der Waals surface area contributed by atoms with Crippen molar-refractivity contribution < 1.29 is 27.2 Å². The van der Waals surface area contributed by atoms with Crippen LogP contribution in [0.3, 0.4) is 0 Å². The molecule has 0 saturated carbocycles. The largest absolute Gasteiger partial charge is 0.419 e. The second-order valence-corrected chi connectivity index (χ2v) is 7.16. The number of nitrogens with zero attached hydrogens (tertiary/aromatic N) is 2. The molecule has 2 aromatic carbocycles. The summed E-state index contributed by atoms with van der Waals surface area (Å²) in [6.07, 6.45) is -4.91. The fraction of sp³-hybridized carbons (Fsp3) is 0.182. The van der Waals surface area contributed by atoms with E-state index in [1.807, 2.05) is 0 Å². The molecule has 4 N–H and O–H groups in total. The van der Waals surface area contributed by atoms with Crippen LogP contribution in [0.1, 0.15) is 27.3 Å². The molecule has 3 rings (SSSR count). The molecule has 0 aliphatic carbocycles. The molecule has 0 aliphatic rings. The summed E-state index contributed by atoms with van der Waals surface area (Å²) in [6, 6.07) is 7.70. The Hall–Kier alpha value is -4.22. The number of aromatic nitrogens is 2. The van der Waals surface area contributed by atoms with Crippen LogP contribution < -0.4 is 21.3 Å². The van der Waals surface area contributed by atoms with E-state index in [2.05, 4.69) is 31.2 Å². The van der Waals surface area contributed by atoms with E-state index in [-0.39, 0.29) is 17.1 Å². The van der Waals surface area contributed by atoms with E-state index in [9.17, 15) is 27.2 Å². The molecule has 0 bridgehead atoms. The van der Waals surface area contributed by atoms with Gasteiger partial charge in [0.25, 0.3) is 5.91 Å². The first-order chi connectivity index (χ1) is 16.0. The highest BCUT2D eigenvalue weighted by Gasteiger charge is 2.35. The lowest BCUT2D eigenvalue weighted by atomic mass is 10.1. The molecule has 3 amide bonds. The number of aryl methyl sites for hydroxylation is 2. The van der Waals surface area contributed by atoms with Gasteiger partial charge in [0, 0.05) is 24.4 Å². The lowest BCUT2D eigenvalue weighted by molar-refractivity contribution is -0.139. The van der Waals surface area contributed by atoms with Crippen molar-refractivity contribution in [3.63, 3.8) is 0 Å². The quantitative estimate of drug-likeness (QED) is 0.379. The Kier molecular flexibility index (Phi) is 6.99. The third-order valence-corrected chi connectivity index (χ3v) is 4.64. The maximum absolute atomic E-state index is 14.2. The maximum Gasteiger partial charge on any atom is 0.419 e. The van der Waals surface area contributed by atoms with Gasteiger partial charge in [-0.1, -0.05) is 12.1 Å². The van der Waals surface area contributed by atoms with Crippen LogP contribution in [0.4, 0.5) is 45.4 Å². The molecule has 8 nitrogen and oxygen atoms in total. The minimum Gasteiger partial charge on any atom is -0.373 e. The minimum absolute atomic E-state index is 0.00642. The van der Waals surface area contributed by atoms with Gasteiger partial charge in [0.2, 0.25) is 0 Å². The van der Waals surface area contributed by atoms with Gasteiger partial charge in [-0.25, -0.2) is 19.2 Å². The second-order valence-electron chi connectivity index (χ2n) is 7.16. The van der Waals surface area contributed by atoms with Crippen molar-refractivity contribution >= 4 is 34.9 Å². The van der Waals surface area contributed by atoms with Crippen molar-refractivity contribution in [3.05, 3.63) is 70.8 Å². The number of alkyl halides is 3. The normalized spacial score (nSPS) is 11.0. The smallest absolute Gasteiger partial charge is 0.373 e. The highest BCUT2D eigenvalue weighted by atomic mass is 19.4. The Morgan fingerprint density at radius 3 is 2.26 bits per heavy atom. The summed E-state index contributed by atoms with van der Waals surface area (Å²) in [6.45, 7) is 3.33. The third kappa shape index (κ3) is 5.77. The molecular formula is C22H20F4N6O2. The molecule has 1 heterocycles. The topological polar surface area (TPSA) is 108 Å². The standard InChI is InChI=1S/C22H20F4N6O2/c1-11-7-8-13(20(33)30-15-6-4-5-14(19(15)23)22(24,25)26)9-16(11)31-21(34)32-18-10-17(27-3)28-12(2)29-18/h4-10H,1-3H3,(H,30,33)(H3,27,28,29,31,32,34). The minimum atomic E-state index is -4.91. The molecular weight excluding hydrogens is 456 g/mol. The molecule has 0 fully saturated rings. The lowest BCUT2D eigenvalue weighted by Crippen LogP contribution is -2.22. The van der Waals surface area contributed by atoms with E-state index in [0.29, 0.717) is 23.3 Å². The first-order valence-electron chi connectivity index (χ1n) is 9.87. The number of urea groups is 1. The molecule has 12 heteroatoms. The molecule has 1 aromatic heterocycles. The Balaban J connectivity index is 1.77. The number of carbonyl (C=O) groups excluding carboxylic acids is 2. The van der Waals surface area contributed by atoms with Crippen molar-refractivity contribution in [2.45, 2.75) is 20.0 Å². The van der Waals surface area contributed by atoms with Gasteiger partial charge < -0.3 is 16.0 Å². The summed E-state index contributed by atoms with van der Waals surface area (Å²) in [5.74, 6) is -1.28. The first kappa shape index (κ1) is 24.4. The number of amides is 3. The maximum atomic E-state index is 14.2. The zero-order chi connectivity index (χ0) is 25.0. The molecule has 0 spiro atoms. The second kappa shape index (κ2) is 9.73. The van der Waals surface area contributed by atoms with Crippen LogP contribution in [0.2, 0.25) is 0 Å². The van der Waals surface area contributed by atoms with E-state index < -0.39 is 35.2 Å². The highest BCUT2D eigenvalue weighted by Crippen LogP contribution is 2.34. The van der Waals surface area contributed by atoms with Crippen molar-refractivity contribution in [1.82, 2.24) is 9.97 Å². The van der Waals surface area contributed by atoms with Crippen molar-refractivity contribution in [1.29, 1.82) is 0 Å². The molecule has 3 aromatic rings. The summed E-state index contributed by atoms with van der Waals surface area (Å²) >= 11 is 0. The molecule has 0 saturated heterocycles. The van der Waals surface area contributed by atoms with Gasteiger partial charge in [0.1, 0.15) is 17.5 Å². The highest BCUT2D eigenvalue weighted by molar-refractivity contribution is 6.06. The Morgan fingerprint density at radius 1 is 0.882 bits per heavy atom. The van der Waals surface area contributed by atoms with Crippen LogP contribution in [0.15, 0.2) is 42.5 Å². The average Bonchev–Trinajstić information content (AvgIpc) is 2.75. The fourth-order valence-electron chi connectivity index (χ4n) is 2.97. The average molecular weight is 476 g/mol. The van der Waals surface area contributed by atoms with E-state index in [0.717, 1.165) is 12.1 Å². The van der Waals surface area contributed by atoms with Crippen molar-refractivity contribution in [3.8, 4) is 0 Å². The van der Waals surface area contributed by atoms with Crippen LogP contribution in [0.5, 0.6) is 0 Å². The van der Waals surface area contributed by atoms with Gasteiger partial charge in [-0.3, -0.25) is 10.1 Å². The van der Waals surface area contributed by atoms with Crippen LogP contribution in [0.25, 0.3) is 0 Å². The zero-order valence-electron chi connectivity index (χ0n) is 18.3. The first-order valence-corrected chi connectivity index (χ1v) is 9.87. The monoisotopic (exact) mass is 476 g/mol. The Bertz CT molecular complexity index is 1250. The van der Waals surface area contributed by atoms with Crippen molar-refractivity contribution in [2.24, 2.45) is 0 Å². The van der Waals surface area contributed by atoms with Gasteiger partial charge in [-0.05, 0) is 43.7 Å². The van der Waals surface area contributed by atoms with Gasteiger partial charge in [-0.15, -0.1) is 0 Å². The molecule has 0 unspecified atom stereocenters. The zero-order valence-corrected chi connectivity index (χ0v) is 18.3. The van der Waals surface area contributed by atoms with Gasteiger partial charge >= 0.3 is 12.2 Å². The number of nitrogens with one attached hydrogen (secondary N) is 4.